The lowest BCUT2D eigenvalue weighted by Gasteiger charge is -2.18. The van der Waals surface area contributed by atoms with Crippen molar-refractivity contribution in [2.75, 3.05) is 7.11 Å². The number of thiophene rings is 1. The number of rotatable bonds is 5. The van der Waals surface area contributed by atoms with Crippen LogP contribution in [0.2, 0.25) is 0 Å². The van der Waals surface area contributed by atoms with Crippen LogP contribution in [-0.2, 0) is 11.2 Å². The number of alkyl halides is 1. The highest BCUT2D eigenvalue weighted by Gasteiger charge is 2.40. The third-order valence-corrected chi connectivity index (χ3v) is 5.64. The number of hydrogen-bond acceptors (Lipinski definition) is 4. The molecule has 1 heterocycles. The first-order valence-electron chi connectivity index (χ1n) is 7.02. The Balaban J connectivity index is 1.85. The van der Waals surface area contributed by atoms with Crippen molar-refractivity contribution in [2.45, 2.75) is 37.2 Å². The third kappa shape index (κ3) is 3.79. The zero-order chi connectivity index (χ0) is 15.4. The maximum absolute atomic E-state index is 11.4. The van der Waals surface area contributed by atoms with E-state index in [9.17, 15) is 9.90 Å². The summed E-state index contributed by atoms with van der Waals surface area (Å²) >= 11 is 7.74. The van der Waals surface area contributed by atoms with Gasteiger partial charge in [-0.1, -0.05) is 0 Å². The second kappa shape index (κ2) is 7.31. The summed E-state index contributed by atoms with van der Waals surface area (Å²) in [6.45, 7) is 0. The van der Waals surface area contributed by atoms with Gasteiger partial charge in [-0.15, -0.1) is 35.3 Å². The van der Waals surface area contributed by atoms with E-state index in [0.29, 0.717) is 11.3 Å². The first-order valence-corrected chi connectivity index (χ1v) is 8.27. The van der Waals surface area contributed by atoms with Crippen molar-refractivity contribution in [3.8, 4) is 12.3 Å². The number of hydrogen-bond donors (Lipinski definition) is 1. The number of methoxy groups -OCH3 is 1. The molecule has 1 saturated carbocycles. The quantitative estimate of drug-likeness (QED) is 0.514. The fraction of sp³-hybridized carbons (Fsp3) is 0.562. The number of halogens is 1. The largest absolute Gasteiger partial charge is 0.465 e. The molecular formula is C16H19ClO3S. The van der Waals surface area contributed by atoms with Crippen molar-refractivity contribution in [3.05, 3.63) is 21.9 Å². The number of aliphatic hydroxyl groups excluding tert-OH is 1. The van der Waals surface area contributed by atoms with Gasteiger partial charge in [0, 0.05) is 10.3 Å². The van der Waals surface area contributed by atoms with E-state index in [-0.39, 0.29) is 23.2 Å². The van der Waals surface area contributed by atoms with Gasteiger partial charge in [-0.2, -0.15) is 0 Å². The van der Waals surface area contributed by atoms with Crippen molar-refractivity contribution < 1.29 is 14.6 Å². The normalized spacial score (nSPS) is 28.3. The molecule has 1 aliphatic carbocycles. The van der Waals surface area contributed by atoms with Crippen LogP contribution in [0.4, 0.5) is 0 Å². The van der Waals surface area contributed by atoms with Crippen molar-refractivity contribution in [1.29, 1.82) is 0 Å². The average molecular weight is 327 g/mol. The Morgan fingerprint density at radius 2 is 2.38 bits per heavy atom. The number of carbonyl (C=O) groups is 1. The predicted octanol–water partition coefficient (Wildman–Crippen LogP) is 3.10. The van der Waals surface area contributed by atoms with E-state index >= 15 is 0 Å². The van der Waals surface area contributed by atoms with Crippen LogP contribution in [0.25, 0.3) is 0 Å². The topological polar surface area (TPSA) is 46.5 Å². The molecule has 0 aromatic carbocycles. The number of esters is 1. The molecule has 0 aliphatic heterocycles. The third-order valence-electron chi connectivity index (χ3n) is 4.01. The summed E-state index contributed by atoms with van der Waals surface area (Å²) in [7, 11) is 1.38. The summed E-state index contributed by atoms with van der Waals surface area (Å²) in [4.78, 5) is 13.2. The Bertz CT molecular complexity index is 534. The van der Waals surface area contributed by atoms with E-state index in [1.807, 2.05) is 6.07 Å². The number of aryl methyl sites for hydroxylation is 1. The molecule has 0 bridgehead atoms. The van der Waals surface area contributed by atoms with Crippen LogP contribution in [0.3, 0.4) is 0 Å². The Labute approximate surface area is 134 Å². The number of terminal acetylenes is 1. The van der Waals surface area contributed by atoms with Crippen LogP contribution in [-0.4, -0.2) is 29.7 Å². The summed E-state index contributed by atoms with van der Waals surface area (Å²) in [6, 6.07) is 3.75. The van der Waals surface area contributed by atoms with E-state index in [0.717, 1.165) is 24.1 Å². The fourth-order valence-electron chi connectivity index (χ4n) is 2.89. The van der Waals surface area contributed by atoms with Crippen LogP contribution in [0.5, 0.6) is 0 Å². The van der Waals surface area contributed by atoms with Gasteiger partial charge < -0.3 is 9.84 Å². The molecule has 114 valence electrons. The molecule has 0 unspecified atom stereocenters. The second-order valence-electron chi connectivity index (χ2n) is 5.33. The van der Waals surface area contributed by atoms with Gasteiger partial charge in [-0.3, -0.25) is 0 Å². The summed E-state index contributed by atoms with van der Waals surface area (Å²) in [6.07, 6.45) is 8.32. The molecular weight excluding hydrogens is 308 g/mol. The fourth-order valence-corrected chi connectivity index (χ4v) is 4.33. The number of carbonyl (C=O) groups excluding carboxylic acids is 1. The highest BCUT2D eigenvalue weighted by Crippen LogP contribution is 2.38. The SMILES string of the molecule is C#C[C@@H]1[C@@H](CCCc2ccc(C(=O)OC)s2)[C@H](Cl)C[C@H]1O. The summed E-state index contributed by atoms with van der Waals surface area (Å²) in [5.41, 5.74) is 0. The van der Waals surface area contributed by atoms with Gasteiger partial charge >= 0.3 is 5.97 Å². The zero-order valence-corrected chi connectivity index (χ0v) is 13.5. The number of aliphatic hydroxyl groups is 1. The Hall–Kier alpha value is -1.02. The van der Waals surface area contributed by atoms with Crippen LogP contribution in [0.1, 0.15) is 33.8 Å². The summed E-state index contributed by atoms with van der Waals surface area (Å²) in [5, 5.41) is 9.82. The van der Waals surface area contributed by atoms with Gasteiger partial charge in [0.1, 0.15) is 4.88 Å². The van der Waals surface area contributed by atoms with Gasteiger partial charge in [-0.25, -0.2) is 4.79 Å². The number of ether oxygens (including phenoxy) is 1. The minimum absolute atomic E-state index is 0.0463. The molecule has 4 atom stereocenters. The van der Waals surface area contributed by atoms with Crippen molar-refractivity contribution in [2.24, 2.45) is 11.8 Å². The highest BCUT2D eigenvalue weighted by molar-refractivity contribution is 7.13. The lowest BCUT2D eigenvalue weighted by atomic mass is 9.90. The van der Waals surface area contributed by atoms with Gasteiger partial charge in [-0.05, 0) is 43.7 Å². The monoisotopic (exact) mass is 326 g/mol. The molecule has 0 radical (unpaired) electrons. The van der Waals surface area contributed by atoms with E-state index < -0.39 is 6.10 Å². The maximum atomic E-state index is 11.4. The molecule has 2 rings (SSSR count). The van der Waals surface area contributed by atoms with Crippen molar-refractivity contribution in [1.82, 2.24) is 0 Å². The second-order valence-corrected chi connectivity index (χ2v) is 7.05. The molecule has 1 N–H and O–H groups in total. The van der Waals surface area contributed by atoms with E-state index in [1.165, 1.54) is 18.4 Å². The van der Waals surface area contributed by atoms with Crippen LogP contribution in [0.15, 0.2) is 12.1 Å². The lowest BCUT2D eigenvalue weighted by molar-refractivity contribution is 0.0606. The molecule has 1 aromatic heterocycles. The Morgan fingerprint density at radius 1 is 1.62 bits per heavy atom. The van der Waals surface area contributed by atoms with Gasteiger partial charge in [0.25, 0.3) is 0 Å². The molecule has 0 spiro atoms. The molecule has 1 fully saturated rings. The van der Waals surface area contributed by atoms with E-state index in [2.05, 4.69) is 5.92 Å². The Kier molecular flexibility index (Phi) is 5.69. The van der Waals surface area contributed by atoms with Gasteiger partial charge in [0.2, 0.25) is 0 Å². The lowest BCUT2D eigenvalue weighted by Crippen LogP contribution is -2.19. The molecule has 1 aromatic rings. The predicted molar refractivity (Wildman–Crippen MR) is 84.7 cm³/mol. The van der Waals surface area contributed by atoms with Crippen molar-refractivity contribution >= 4 is 28.9 Å². The highest BCUT2D eigenvalue weighted by atomic mass is 35.5. The molecule has 5 heteroatoms. The van der Waals surface area contributed by atoms with E-state index in [4.69, 9.17) is 22.8 Å². The zero-order valence-electron chi connectivity index (χ0n) is 11.9. The Morgan fingerprint density at radius 3 is 3.05 bits per heavy atom. The minimum atomic E-state index is -0.477. The molecule has 3 nitrogen and oxygen atoms in total. The first kappa shape index (κ1) is 16.4. The smallest absolute Gasteiger partial charge is 0.348 e. The van der Waals surface area contributed by atoms with Crippen LogP contribution < -0.4 is 0 Å². The van der Waals surface area contributed by atoms with E-state index in [1.54, 1.807) is 6.07 Å². The van der Waals surface area contributed by atoms with Gasteiger partial charge in [0.05, 0.1) is 19.1 Å². The van der Waals surface area contributed by atoms with Crippen molar-refractivity contribution in [3.63, 3.8) is 0 Å². The van der Waals surface area contributed by atoms with Crippen LogP contribution >= 0.6 is 22.9 Å². The average Bonchev–Trinajstić information content (AvgIpc) is 3.03. The molecule has 21 heavy (non-hydrogen) atoms. The standard InChI is InChI=1S/C16H19ClO3S/c1-3-11-12(13(17)9-14(11)18)6-4-5-10-7-8-15(21-10)16(19)20-2/h1,7-8,11-14,18H,4-6,9H2,2H3/t11-,12-,13-,14-/m1/s1. The van der Waals surface area contributed by atoms with Crippen LogP contribution in [0, 0.1) is 24.2 Å². The minimum Gasteiger partial charge on any atom is -0.465 e. The first-order chi connectivity index (χ1) is 10.1. The molecule has 1 aliphatic rings. The maximum Gasteiger partial charge on any atom is 0.348 e. The summed E-state index contributed by atoms with van der Waals surface area (Å²) in [5.74, 6) is 2.42. The van der Waals surface area contributed by atoms with Gasteiger partial charge in [0.15, 0.2) is 0 Å². The molecule has 0 amide bonds. The molecule has 0 saturated heterocycles. The summed E-state index contributed by atoms with van der Waals surface area (Å²) < 4.78 is 4.69.